The number of benzene rings is 1. The van der Waals surface area contributed by atoms with Crippen LogP contribution in [-0.4, -0.2) is 47.2 Å². The van der Waals surface area contributed by atoms with Crippen molar-refractivity contribution in [2.24, 2.45) is 0 Å². The lowest BCUT2D eigenvalue weighted by Crippen LogP contribution is -2.46. The molecule has 1 aliphatic carbocycles. The van der Waals surface area contributed by atoms with Crippen LogP contribution in [0.5, 0.6) is 11.5 Å². The number of amides is 1. The normalized spacial score (nSPS) is 19.6. The molecular formula is C25H32N4O3. The van der Waals surface area contributed by atoms with Crippen LogP contribution in [0.25, 0.3) is 0 Å². The third kappa shape index (κ3) is 4.38. The Morgan fingerprint density at radius 2 is 2.03 bits per heavy atom. The molecule has 1 aromatic heterocycles. The Morgan fingerprint density at radius 3 is 2.88 bits per heavy atom. The molecule has 2 aromatic rings. The van der Waals surface area contributed by atoms with E-state index in [1.807, 2.05) is 12.1 Å². The number of hydrogen-bond donors (Lipinski definition) is 1. The number of aryl methyl sites for hydroxylation is 1. The summed E-state index contributed by atoms with van der Waals surface area (Å²) in [7, 11) is 0. The van der Waals surface area contributed by atoms with Gasteiger partial charge in [0.2, 0.25) is 0 Å². The van der Waals surface area contributed by atoms with Gasteiger partial charge in [0.1, 0.15) is 17.7 Å². The van der Waals surface area contributed by atoms with E-state index < -0.39 is 0 Å². The van der Waals surface area contributed by atoms with E-state index in [2.05, 4.69) is 40.1 Å². The number of para-hydroxylation sites is 1. The summed E-state index contributed by atoms with van der Waals surface area (Å²) in [4.78, 5) is 24.0. The Labute approximate surface area is 189 Å². The summed E-state index contributed by atoms with van der Waals surface area (Å²) in [5.41, 5.74) is 3.44. The van der Waals surface area contributed by atoms with Gasteiger partial charge in [0.05, 0.1) is 0 Å². The molecule has 7 nitrogen and oxygen atoms in total. The number of fused-ring (bicyclic) bond motifs is 2. The van der Waals surface area contributed by atoms with Gasteiger partial charge in [-0.2, -0.15) is 0 Å². The largest absolute Gasteiger partial charge is 0.483 e. The van der Waals surface area contributed by atoms with Gasteiger partial charge in [0.25, 0.3) is 5.91 Å². The van der Waals surface area contributed by atoms with Crippen molar-refractivity contribution in [3.8, 4) is 11.5 Å². The number of ether oxygens (including phenoxy) is 2. The number of aromatic nitrogens is 2. The van der Waals surface area contributed by atoms with E-state index in [1.165, 1.54) is 24.1 Å². The zero-order valence-electron chi connectivity index (χ0n) is 19.0. The first-order valence-corrected chi connectivity index (χ1v) is 11.8. The SMILES string of the molecule is CC1(C)Cc2cccc(OCC(=O)NC3CCN(c4ncnc5c4CCCC5)CC3)c2O1. The van der Waals surface area contributed by atoms with Gasteiger partial charge in [-0.05, 0) is 58.4 Å². The Hall–Kier alpha value is -2.83. The maximum atomic E-state index is 12.5. The molecule has 0 spiro atoms. The highest BCUT2D eigenvalue weighted by atomic mass is 16.5. The van der Waals surface area contributed by atoms with Crippen LogP contribution in [0, 0.1) is 0 Å². The smallest absolute Gasteiger partial charge is 0.258 e. The van der Waals surface area contributed by atoms with Crippen molar-refractivity contribution in [3.05, 3.63) is 41.3 Å². The molecule has 32 heavy (non-hydrogen) atoms. The van der Waals surface area contributed by atoms with E-state index >= 15 is 0 Å². The summed E-state index contributed by atoms with van der Waals surface area (Å²) < 4.78 is 11.9. The molecule has 1 amide bonds. The first-order valence-electron chi connectivity index (χ1n) is 11.8. The fourth-order valence-corrected chi connectivity index (χ4v) is 5.13. The van der Waals surface area contributed by atoms with Gasteiger partial charge < -0.3 is 19.7 Å². The van der Waals surface area contributed by atoms with Gasteiger partial charge in [-0.1, -0.05) is 12.1 Å². The molecule has 0 atom stereocenters. The summed E-state index contributed by atoms with van der Waals surface area (Å²) in [5, 5.41) is 3.14. The van der Waals surface area contributed by atoms with Crippen LogP contribution in [-0.2, 0) is 24.1 Å². The standard InChI is InChI=1S/C25H32N4O3/c1-25(2)14-17-6-5-9-21(23(17)32-25)31-15-22(30)28-18-10-12-29(13-11-18)24-19-7-3-4-8-20(19)26-16-27-24/h5-6,9,16,18H,3-4,7-8,10-15H2,1-2H3,(H,28,30). The fraction of sp³-hybridized carbons (Fsp3) is 0.560. The summed E-state index contributed by atoms with van der Waals surface area (Å²) >= 11 is 0. The Morgan fingerprint density at radius 1 is 1.22 bits per heavy atom. The van der Waals surface area contributed by atoms with E-state index in [0.717, 1.165) is 62.3 Å². The second kappa shape index (κ2) is 8.60. The molecule has 7 heteroatoms. The number of piperidine rings is 1. The quantitative estimate of drug-likeness (QED) is 0.776. The van der Waals surface area contributed by atoms with Gasteiger partial charge in [0.15, 0.2) is 18.1 Å². The first-order chi connectivity index (χ1) is 15.5. The van der Waals surface area contributed by atoms with Crippen LogP contribution in [0.4, 0.5) is 5.82 Å². The fourth-order valence-electron chi connectivity index (χ4n) is 5.13. The molecule has 0 bridgehead atoms. The number of hydrogen-bond acceptors (Lipinski definition) is 6. The van der Waals surface area contributed by atoms with Gasteiger partial charge in [-0.3, -0.25) is 4.79 Å². The number of nitrogens with one attached hydrogen (secondary N) is 1. The monoisotopic (exact) mass is 436 g/mol. The predicted molar refractivity (Wildman–Crippen MR) is 122 cm³/mol. The lowest BCUT2D eigenvalue weighted by atomic mass is 9.95. The summed E-state index contributed by atoms with van der Waals surface area (Å²) in [6.07, 6.45) is 8.93. The minimum Gasteiger partial charge on any atom is -0.483 e. The topological polar surface area (TPSA) is 76.6 Å². The molecule has 2 aliphatic heterocycles. The molecule has 1 saturated heterocycles. The molecular weight excluding hydrogens is 404 g/mol. The van der Waals surface area contributed by atoms with Crippen molar-refractivity contribution in [1.29, 1.82) is 0 Å². The maximum absolute atomic E-state index is 12.5. The minimum atomic E-state index is -0.235. The van der Waals surface area contributed by atoms with Crippen LogP contribution in [0.3, 0.4) is 0 Å². The van der Waals surface area contributed by atoms with Crippen molar-refractivity contribution in [3.63, 3.8) is 0 Å². The summed E-state index contributed by atoms with van der Waals surface area (Å²) in [6.45, 7) is 5.91. The van der Waals surface area contributed by atoms with E-state index in [0.29, 0.717) is 5.75 Å². The van der Waals surface area contributed by atoms with E-state index in [1.54, 1.807) is 6.33 Å². The lowest BCUT2D eigenvalue weighted by Gasteiger charge is -2.35. The highest BCUT2D eigenvalue weighted by molar-refractivity contribution is 5.78. The third-order valence-electron chi connectivity index (χ3n) is 6.68. The highest BCUT2D eigenvalue weighted by Gasteiger charge is 2.32. The van der Waals surface area contributed by atoms with Crippen molar-refractivity contribution < 1.29 is 14.3 Å². The van der Waals surface area contributed by atoms with Crippen LogP contribution in [0.2, 0.25) is 0 Å². The molecule has 1 aromatic carbocycles. The second-order valence-electron chi connectivity index (χ2n) is 9.73. The maximum Gasteiger partial charge on any atom is 0.258 e. The number of carbonyl (C=O) groups excluding carboxylic acids is 1. The molecule has 0 unspecified atom stereocenters. The molecule has 1 N–H and O–H groups in total. The number of carbonyl (C=O) groups is 1. The highest BCUT2D eigenvalue weighted by Crippen LogP contribution is 2.41. The van der Waals surface area contributed by atoms with Crippen molar-refractivity contribution in [2.45, 2.75) is 70.4 Å². The second-order valence-corrected chi connectivity index (χ2v) is 9.73. The van der Waals surface area contributed by atoms with E-state index in [-0.39, 0.29) is 24.2 Å². The summed E-state index contributed by atoms with van der Waals surface area (Å²) in [6, 6.07) is 6.04. The first kappa shape index (κ1) is 21.0. The number of rotatable bonds is 5. The van der Waals surface area contributed by atoms with Gasteiger partial charge in [0, 0.05) is 42.4 Å². The Kier molecular flexibility index (Phi) is 5.66. The zero-order chi connectivity index (χ0) is 22.1. The molecule has 1 fully saturated rings. The predicted octanol–water partition coefficient (Wildman–Crippen LogP) is 3.23. The molecule has 5 rings (SSSR count). The Bertz CT molecular complexity index is 999. The van der Waals surface area contributed by atoms with Crippen molar-refractivity contribution >= 4 is 11.7 Å². The molecule has 0 radical (unpaired) electrons. The van der Waals surface area contributed by atoms with Gasteiger partial charge in [-0.25, -0.2) is 9.97 Å². The average molecular weight is 437 g/mol. The third-order valence-corrected chi connectivity index (χ3v) is 6.68. The minimum absolute atomic E-state index is 0.000124. The Balaban J connectivity index is 1.13. The zero-order valence-corrected chi connectivity index (χ0v) is 19.0. The van der Waals surface area contributed by atoms with Gasteiger partial charge in [-0.15, -0.1) is 0 Å². The molecule has 0 saturated carbocycles. The molecule has 3 aliphatic rings. The number of anilines is 1. The van der Waals surface area contributed by atoms with Crippen molar-refractivity contribution in [2.75, 3.05) is 24.6 Å². The van der Waals surface area contributed by atoms with Gasteiger partial charge >= 0.3 is 0 Å². The van der Waals surface area contributed by atoms with Crippen molar-refractivity contribution in [1.82, 2.24) is 15.3 Å². The van der Waals surface area contributed by atoms with E-state index in [9.17, 15) is 4.79 Å². The van der Waals surface area contributed by atoms with Crippen LogP contribution < -0.4 is 19.7 Å². The van der Waals surface area contributed by atoms with Crippen LogP contribution in [0.15, 0.2) is 24.5 Å². The molecule has 3 heterocycles. The molecule has 170 valence electrons. The summed E-state index contributed by atoms with van der Waals surface area (Å²) in [5.74, 6) is 2.43. The van der Waals surface area contributed by atoms with Crippen LogP contribution >= 0.6 is 0 Å². The average Bonchev–Trinajstić information content (AvgIpc) is 3.12. The number of nitrogens with zero attached hydrogens (tertiary/aromatic N) is 3. The van der Waals surface area contributed by atoms with E-state index in [4.69, 9.17) is 9.47 Å². The van der Waals surface area contributed by atoms with Crippen LogP contribution in [0.1, 0.15) is 56.4 Å². The lowest BCUT2D eigenvalue weighted by molar-refractivity contribution is -0.123.